The molecule has 0 saturated carbocycles. The first-order valence-electron chi connectivity index (χ1n) is 11.0. The second-order valence-corrected chi connectivity index (χ2v) is 7.95. The van der Waals surface area contributed by atoms with Crippen LogP contribution in [0, 0.1) is 11.7 Å². The Bertz CT molecular complexity index is 1060. The highest BCUT2D eigenvalue weighted by atomic mass is 19.1. The molecule has 1 fully saturated rings. The summed E-state index contributed by atoms with van der Waals surface area (Å²) in [4.78, 5) is 14.5. The molecule has 2 aromatic carbocycles. The highest BCUT2D eigenvalue weighted by Gasteiger charge is 2.28. The SMILES string of the molecule is CCOC(=O)[C@H]1CCCN(Cc2cn(-c3ccccc3F)nc2-c2ccc(OC)cc2)C1. The molecule has 4 rings (SSSR count). The first-order chi connectivity index (χ1) is 15.6. The number of halogens is 1. The van der Waals surface area contributed by atoms with E-state index in [-0.39, 0.29) is 17.7 Å². The van der Waals surface area contributed by atoms with Gasteiger partial charge in [-0.05, 0) is 62.7 Å². The molecule has 0 amide bonds. The molecule has 0 spiro atoms. The fourth-order valence-corrected chi connectivity index (χ4v) is 4.17. The number of piperidine rings is 1. The molecule has 1 aliphatic heterocycles. The third-order valence-corrected chi connectivity index (χ3v) is 5.77. The average molecular weight is 438 g/mol. The van der Waals surface area contributed by atoms with Crippen molar-refractivity contribution in [3.63, 3.8) is 0 Å². The number of nitrogens with zero attached hydrogens (tertiary/aromatic N) is 3. The van der Waals surface area contributed by atoms with Gasteiger partial charge in [0.05, 0.1) is 25.3 Å². The van der Waals surface area contributed by atoms with Crippen LogP contribution in [0.3, 0.4) is 0 Å². The minimum atomic E-state index is -0.330. The lowest BCUT2D eigenvalue weighted by Crippen LogP contribution is -2.38. The number of esters is 1. The van der Waals surface area contributed by atoms with Crippen molar-refractivity contribution in [1.29, 1.82) is 0 Å². The van der Waals surface area contributed by atoms with Crippen molar-refractivity contribution in [2.75, 3.05) is 26.8 Å². The van der Waals surface area contributed by atoms with Gasteiger partial charge in [0.25, 0.3) is 0 Å². The van der Waals surface area contributed by atoms with Crippen LogP contribution in [-0.2, 0) is 16.1 Å². The van der Waals surface area contributed by atoms with E-state index in [9.17, 15) is 9.18 Å². The van der Waals surface area contributed by atoms with Gasteiger partial charge < -0.3 is 9.47 Å². The number of rotatable bonds is 7. The minimum Gasteiger partial charge on any atom is -0.497 e. The number of ether oxygens (including phenoxy) is 2. The molecule has 7 heteroatoms. The number of methoxy groups -OCH3 is 1. The molecule has 1 saturated heterocycles. The van der Waals surface area contributed by atoms with Gasteiger partial charge in [0.15, 0.2) is 0 Å². The third kappa shape index (κ3) is 4.83. The average Bonchev–Trinajstić information content (AvgIpc) is 3.23. The molecule has 0 bridgehead atoms. The van der Waals surface area contributed by atoms with Crippen LogP contribution in [0.1, 0.15) is 25.3 Å². The summed E-state index contributed by atoms with van der Waals surface area (Å²) in [5.74, 6) is 0.185. The maximum atomic E-state index is 14.4. The van der Waals surface area contributed by atoms with Gasteiger partial charge in [-0.2, -0.15) is 5.10 Å². The summed E-state index contributed by atoms with van der Waals surface area (Å²) < 4.78 is 26.6. The first-order valence-corrected chi connectivity index (χ1v) is 11.0. The summed E-state index contributed by atoms with van der Waals surface area (Å²) in [7, 11) is 1.63. The normalized spacial score (nSPS) is 16.7. The summed E-state index contributed by atoms with van der Waals surface area (Å²) >= 11 is 0. The van der Waals surface area contributed by atoms with Gasteiger partial charge in [0.2, 0.25) is 0 Å². The lowest BCUT2D eigenvalue weighted by molar-refractivity contribution is -0.150. The van der Waals surface area contributed by atoms with E-state index in [1.807, 2.05) is 37.4 Å². The van der Waals surface area contributed by atoms with Crippen LogP contribution in [0.4, 0.5) is 4.39 Å². The van der Waals surface area contributed by atoms with Gasteiger partial charge in [0, 0.05) is 30.4 Å². The minimum absolute atomic E-state index is 0.116. The number of likely N-dealkylation sites (tertiary alicyclic amines) is 1. The van der Waals surface area contributed by atoms with E-state index in [1.165, 1.54) is 6.07 Å². The third-order valence-electron chi connectivity index (χ3n) is 5.77. The van der Waals surface area contributed by atoms with Crippen LogP contribution >= 0.6 is 0 Å². The van der Waals surface area contributed by atoms with Crippen molar-refractivity contribution in [3.8, 4) is 22.7 Å². The molecule has 0 N–H and O–H groups in total. The van der Waals surface area contributed by atoms with Gasteiger partial charge >= 0.3 is 5.97 Å². The number of benzene rings is 2. The van der Waals surface area contributed by atoms with Crippen LogP contribution in [0.25, 0.3) is 16.9 Å². The Kier molecular flexibility index (Phi) is 6.85. The largest absolute Gasteiger partial charge is 0.497 e. The van der Waals surface area contributed by atoms with Crippen LogP contribution in [0.15, 0.2) is 54.7 Å². The molecule has 2 heterocycles. The molecule has 0 aliphatic carbocycles. The molecule has 6 nitrogen and oxygen atoms in total. The van der Waals surface area contributed by atoms with Crippen LogP contribution in [0.5, 0.6) is 5.75 Å². The molecule has 168 valence electrons. The number of aromatic nitrogens is 2. The summed E-state index contributed by atoms with van der Waals surface area (Å²) in [5, 5.41) is 4.73. The van der Waals surface area contributed by atoms with Crippen LogP contribution in [0.2, 0.25) is 0 Å². The van der Waals surface area contributed by atoms with Crippen LogP contribution in [-0.4, -0.2) is 47.5 Å². The highest BCUT2D eigenvalue weighted by Crippen LogP contribution is 2.29. The summed E-state index contributed by atoms with van der Waals surface area (Å²) in [6.07, 6.45) is 3.66. The smallest absolute Gasteiger partial charge is 0.310 e. The molecule has 1 atom stereocenters. The van der Waals surface area contributed by atoms with Crippen molar-refractivity contribution in [2.24, 2.45) is 5.92 Å². The Balaban J connectivity index is 1.65. The maximum absolute atomic E-state index is 14.4. The lowest BCUT2D eigenvalue weighted by Gasteiger charge is -2.31. The van der Waals surface area contributed by atoms with E-state index in [1.54, 1.807) is 30.0 Å². The predicted octanol–water partition coefficient (Wildman–Crippen LogP) is 4.46. The van der Waals surface area contributed by atoms with Gasteiger partial charge in [0.1, 0.15) is 17.3 Å². The standard InChI is InChI=1S/C25H28FN3O3/c1-3-32-25(30)19-7-6-14-28(15-19)16-20-17-29(23-9-5-4-8-22(23)26)27-24(20)18-10-12-21(31-2)13-11-18/h4-5,8-13,17,19H,3,6-7,14-16H2,1-2H3/t19-/m0/s1. The van der Waals surface area contributed by atoms with Crippen LogP contribution < -0.4 is 4.74 Å². The molecular weight excluding hydrogens is 409 g/mol. The number of para-hydroxylation sites is 1. The van der Waals surface area contributed by atoms with E-state index >= 15 is 0 Å². The van der Waals surface area contributed by atoms with Crippen molar-refractivity contribution < 1.29 is 18.7 Å². The molecule has 32 heavy (non-hydrogen) atoms. The number of carbonyl (C=O) groups is 1. The van der Waals surface area contributed by atoms with Gasteiger partial charge in [-0.25, -0.2) is 9.07 Å². The van der Waals surface area contributed by atoms with Crippen molar-refractivity contribution in [1.82, 2.24) is 14.7 Å². The summed E-state index contributed by atoms with van der Waals surface area (Å²) in [6, 6.07) is 14.3. The monoisotopic (exact) mass is 437 g/mol. The number of hydrogen-bond acceptors (Lipinski definition) is 5. The zero-order chi connectivity index (χ0) is 22.5. The Labute approximate surface area is 187 Å². The highest BCUT2D eigenvalue weighted by molar-refractivity contribution is 5.72. The molecular formula is C25H28FN3O3. The number of carbonyl (C=O) groups excluding carboxylic acids is 1. The Morgan fingerprint density at radius 2 is 1.97 bits per heavy atom. The van der Waals surface area contributed by atoms with Gasteiger partial charge in [-0.1, -0.05) is 12.1 Å². The number of hydrogen-bond donors (Lipinski definition) is 0. The maximum Gasteiger partial charge on any atom is 0.310 e. The zero-order valence-corrected chi connectivity index (χ0v) is 18.5. The van der Waals surface area contributed by atoms with Crippen molar-refractivity contribution in [3.05, 3.63) is 66.1 Å². The predicted molar refractivity (Wildman–Crippen MR) is 120 cm³/mol. The Morgan fingerprint density at radius 1 is 1.19 bits per heavy atom. The fraction of sp³-hybridized carbons (Fsp3) is 0.360. The zero-order valence-electron chi connectivity index (χ0n) is 18.5. The second kappa shape index (κ2) is 9.96. The molecule has 0 radical (unpaired) electrons. The molecule has 3 aromatic rings. The van der Waals surface area contributed by atoms with E-state index < -0.39 is 0 Å². The second-order valence-electron chi connectivity index (χ2n) is 7.95. The van der Waals surface area contributed by atoms with E-state index in [0.29, 0.717) is 25.4 Å². The first kappa shape index (κ1) is 22.0. The fourth-order valence-electron chi connectivity index (χ4n) is 4.17. The van der Waals surface area contributed by atoms with Gasteiger partial charge in [-0.3, -0.25) is 9.69 Å². The van der Waals surface area contributed by atoms with E-state index in [4.69, 9.17) is 14.6 Å². The quantitative estimate of drug-likeness (QED) is 0.511. The summed E-state index contributed by atoms with van der Waals surface area (Å²) in [5.41, 5.74) is 3.09. The van der Waals surface area contributed by atoms with Gasteiger partial charge in [-0.15, -0.1) is 0 Å². The topological polar surface area (TPSA) is 56.6 Å². The Hall–Kier alpha value is -3.19. The Morgan fingerprint density at radius 3 is 2.69 bits per heavy atom. The molecule has 0 unspecified atom stereocenters. The lowest BCUT2D eigenvalue weighted by atomic mass is 9.97. The van der Waals surface area contributed by atoms with E-state index in [0.717, 1.165) is 42.0 Å². The van der Waals surface area contributed by atoms with Crippen molar-refractivity contribution in [2.45, 2.75) is 26.3 Å². The summed E-state index contributed by atoms with van der Waals surface area (Å²) in [6.45, 7) is 4.38. The molecule has 1 aromatic heterocycles. The van der Waals surface area contributed by atoms with Crippen molar-refractivity contribution >= 4 is 5.97 Å². The van der Waals surface area contributed by atoms with E-state index in [2.05, 4.69) is 4.90 Å². The molecule has 1 aliphatic rings.